The molecule has 0 unspecified atom stereocenters. The van der Waals surface area contributed by atoms with Gasteiger partial charge in [-0.3, -0.25) is 4.79 Å². The summed E-state index contributed by atoms with van der Waals surface area (Å²) < 4.78 is 18.6. The Labute approximate surface area is 129 Å². The number of carbonyl (C=O) groups excluding carboxylic acids is 2. The van der Waals surface area contributed by atoms with Crippen LogP contribution in [0.25, 0.3) is 0 Å². The van der Waals surface area contributed by atoms with Crippen molar-refractivity contribution in [2.75, 3.05) is 25.1 Å². The molecule has 0 radical (unpaired) electrons. The van der Waals surface area contributed by atoms with Gasteiger partial charge in [0.15, 0.2) is 0 Å². The highest BCUT2D eigenvalue weighted by molar-refractivity contribution is 5.96. The second-order valence-corrected chi connectivity index (χ2v) is 5.23. The number of anilines is 1. The smallest absolute Gasteiger partial charge is 0.319 e. The third kappa shape index (κ3) is 6.53. The van der Waals surface area contributed by atoms with Gasteiger partial charge in [-0.25, -0.2) is 9.18 Å². The Hall–Kier alpha value is -2.15. The van der Waals surface area contributed by atoms with Crippen molar-refractivity contribution in [2.24, 2.45) is 11.7 Å². The van der Waals surface area contributed by atoms with Crippen molar-refractivity contribution in [3.8, 4) is 0 Å². The highest BCUT2D eigenvalue weighted by atomic mass is 19.1. The molecule has 1 rings (SSSR count). The first-order chi connectivity index (χ1) is 10.4. The Kier molecular flexibility index (Phi) is 7.31. The van der Waals surface area contributed by atoms with Crippen LogP contribution in [0.5, 0.6) is 0 Å². The minimum absolute atomic E-state index is 0.269. The molecule has 0 saturated carbocycles. The van der Waals surface area contributed by atoms with Gasteiger partial charge in [0, 0.05) is 18.8 Å². The summed E-state index contributed by atoms with van der Waals surface area (Å²) in [7, 11) is 0. The zero-order valence-electron chi connectivity index (χ0n) is 12.8. The molecule has 0 bridgehead atoms. The van der Waals surface area contributed by atoms with E-state index in [1.54, 1.807) is 0 Å². The lowest BCUT2D eigenvalue weighted by molar-refractivity contribution is 0.0996. The van der Waals surface area contributed by atoms with Crippen LogP contribution in [0.3, 0.4) is 0 Å². The van der Waals surface area contributed by atoms with Crippen LogP contribution in [0.15, 0.2) is 18.2 Å². The maximum atomic E-state index is 13.3. The summed E-state index contributed by atoms with van der Waals surface area (Å²) in [5, 5.41) is 5.09. The average Bonchev–Trinajstić information content (AvgIpc) is 2.44. The van der Waals surface area contributed by atoms with E-state index in [9.17, 15) is 14.0 Å². The molecule has 0 spiro atoms. The van der Waals surface area contributed by atoms with Crippen LogP contribution in [0, 0.1) is 11.7 Å². The first kappa shape index (κ1) is 17.9. The van der Waals surface area contributed by atoms with Gasteiger partial charge in [0.2, 0.25) is 0 Å². The standard InChI is InChI=1S/C15H22FN3O3/c1-10(2)5-7-22-8-6-18-15(21)19-11-3-4-13(16)12(9-11)14(17)20/h3-4,9-10H,5-8H2,1-2H3,(H2,17,20)(H2,18,19,21). The van der Waals surface area contributed by atoms with Crippen molar-refractivity contribution in [3.63, 3.8) is 0 Å². The first-order valence-corrected chi connectivity index (χ1v) is 7.12. The van der Waals surface area contributed by atoms with Gasteiger partial charge in [0.05, 0.1) is 12.2 Å². The van der Waals surface area contributed by atoms with Crippen molar-refractivity contribution in [3.05, 3.63) is 29.6 Å². The fourth-order valence-electron chi connectivity index (χ4n) is 1.62. The minimum Gasteiger partial charge on any atom is -0.380 e. The number of halogens is 1. The van der Waals surface area contributed by atoms with Crippen LogP contribution >= 0.6 is 0 Å². The van der Waals surface area contributed by atoms with Gasteiger partial charge >= 0.3 is 6.03 Å². The van der Waals surface area contributed by atoms with Gasteiger partial charge in [-0.2, -0.15) is 0 Å². The van der Waals surface area contributed by atoms with Crippen molar-refractivity contribution in [1.82, 2.24) is 5.32 Å². The zero-order chi connectivity index (χ0) is 16.5. The molecule has 0 aliphatic rings. The van der Waals surface area contributed by atoms with E-state index in [-0.39, 0.29) is 11.3 Å². The van der Waals surface area contributed by atoms with E-state index >= 15 is 0 Å². The molecule has 4 N–H and O–H groups in total. The fraction of sp³-hybridized carbons (Fsp3) is 0.467. The second kappa shape index (κ2) is 8.99. The van der Waals surface area contributed by atoms with Crippen LogP contribution in [0.2, 0.25) is 0 Å². The summed E-state index contributed by atoms with van der Waals surface area (Å²) in [5.74, 6) is -1.04. The number of nitrogens with two attached hydrogens (primary N) is 1. The Bertz CT molecular complexity index is 521. The van der Waals surface area contributed by atoms with Gasteiger partial charge in [-0.05, 0) is 30.5 Å². The molecule has 122 valence electrons. The highest BCUT2D eigenvalue weighted by Crippen LogP contribution is 2.14. The van der Waals surface area contributed by atoms with Gasteiger partial charge in [-0.1, -0.05) is 13.8 Å². The Morgan fingerprint density at radius 3 is 2.68 bits per heavy atom. The number of nitrogens with one attached hydrogen (secondary N) is 2. The zero-order valence-corrected chi connectivity index (χ0v) is 12.8. The highest BCUT2D eigenvalue weighted by Gasteiger charge is 2.10. The Balaban J connectivity index is 2.33. The van der Waals surface area contributed by atoms with Crippen molar-refractivity contribution in [1.29, 1.82) is 0 Å². The van der Waals surface area contributed by atoms with Gasteiger partial charge in [0.1, 0.15) is 5.82 Å². The number of amides is 3. The maximum absolute atomic E-state index is 13.3. The number of urea groups is 1. The average molecular weight is 311 g/mol. The minimum atomic E-state index is -0.889. The number of ether oxygens (including phenoxy) is 1. The Morgan fingerprint density at radius 2 is 2.05 bits per heavy atom. The molecule has 22 heavy (non-hydrogen) atoms. The Morgan fingerprint density at radius 1 is 1.32 bits per heavy atom. The number of benzene rings is 1. The summed E-state index contributed by atoms with van der Waals surface area (Å²) in [6, 6.07) is 3.15. The van der Waals surface area contributed by atoms with E-state index in [1.807, 2.05) is 0 Å². The lowest BCUT2D eigenvalue weighted by Crippen LogP contribution is -2.31. The quantitative estimate of drug-likeness (QED) is 0.642. The second-order valence-electron chi connectivity index (χ2n) is 5.23. The third-order valence-electron chi connectivity index (χ3n) is 2.86. The molecule has 0 aliphatic carbocycles. The van der Waals surface area contributed by atoms with E-state index < -0.39 is 17.8 Å². The summed E-state index contributed by atoms with van der Waals surface area (Å²) in [6.45, 7) is 5.64. The molecule has 0 saturated heterocycles. The molecule has 0 aliphatic heterocycles. The van der Waals surface area contributed by atoms with Gasteiger partial charge in [-0.15, -0.1) is 0 Å². The number of hydrogen-bond acceptors (Lipinski definition) is 3. The summed E-state index contributed by atoms with van der Waals surface area (Å²) in [4.78, 5) is 22.6. The molecule has 6 nitrogen and oxygen atoms in total. The van der Waals surface area contributed by atoms with Crippen molar-refractivity contribution >= 4 is 17.6 Å². The first-order valence-electron chi connectivity index (χ1n) is 7.12. The molecule has 0 fully saturated rings. The number of primary amides is 1. The number of rotatable bonds is 8. The summed E-state index contributed by atoms with van der Waals surface area (Å²) in [5.41, 5.74) is 5.06. The SMILES string of the molecule is CC(C)CCOCCNC(=O)Nc1ccc(F)c(C(N)=O)c1. The molecule has 0 atom stereocenters. The van der Waals surface area contributed by atoms with E-state index in [4.69, 9.17) is 10.5 Å². The van der Waals surface area contributed by atoms with E-state index in [0.717, 1.165) is 12.5 Å². The molecule has 1 aromatic carbocycles. The normalized spacial score (nSPS) is 10.5. The largest absolute Gasteiger partial charge is 0.380 e. The summed E-state index contributed by atoms with van der Waals surface area (Å²) >= 11 is 0. The number of hydrogen-bond donors (Lipinski definition) is 3. The van der Waals surface area contributed by atoms with Crippen molar-refractivity contribution in [2.45, 2.75) is 20.3 Å². The van der Waals surface area contributed by atoms with Crippen LogP contribution in [0.1, 0.15) is 30.6 Å². The topological polar surface area (TPSA) is 93.4 Å². The maximum Gasteiger partial charge on any atom is 0.319 e. The van der Waals surface area contributed by atoms with E-state index in [2.05, 4.69) is 24.5 Å². The molecule has 3 amide bonds. The van der Waals surface area contributed by atoms with E-state index in [0.29, 0.717) is 25.7 Å². The monoisotopic (exact) mass is 311 g/mol. The molecular weight excluding hydrogens is 289 g/mol. The van der Waals surface area contributed by atoms with Crippen molar-refractivity contribution < 1.29 is 18.7 Å². The predicted octanol–water partition coefficient (Wildman–Crippen LogP) is 2.11. The van der Waals surface area contributed by atoms with Crippen LogP contribution in [-0.2, 0) is 4.74 Å². The third-order valence-corrected chi connectivity index (χ3v) is 2.86. The van der Waals surface area contributed by atoms with E-state index in [1.165, 1.54) is 12.1 Å². The lowest BCUT2D eigenvalue weighted by Gasteiger charge is -2.10. The molecule has 0 heterocycles. The van der Waals surface area contributed by atoms with Crippen LogP contribution in [0.4, 0.5) is 14.9 Å². The van der Waals surface area contributed by atoms with Crippen LogP contribution in [-0.4, -0.2) is 31.7 Å². The van der Waals surface area contributed by atoms with Gasteiger partial charge < -0.3 is 21.1 Å². The van der Waals surface area contributed by atoms with Crippen LogP contribution < -0.4 is 16.4 Å². The molecule has 7 heteroatoms. The van der Waals surface area contributed by atoms with Gasteiger partial charge in [0.25, 0.3) is 5.91 Å². The molecule has 0 aromatic heterocycles. The predicted molar refractivity (Wildman–Crippen MR) is 82.2 cm³/mol. The summed E-state index contributed by atoms with van der Waals surface area (Å²) in [6.07, 6.45) is 0.970. The number of carbonyl (C=O) groups is 2. The molecular formula is C15H22FN3O3. The fourth-order valence-corrected chi connectivity index (χ4v) is 1.62. The lowest BCUT2D eigenvalue weighted by atomic mass is 10.1. The molecule has 1 aromatic rings.